The predicted octanol–water partition coefficient (Wildman–Crippen LogP) is 3.71. The van der Waals surface area contributed by atoms with E-state index in [2.05, 4.69) is 39.7 Å². The number of hydrogen-bond acceptors (Lipinski definition) is 3. The molecule has 0 bridgehead atoms. The van der Waals surface area contributed by atoms with Gasteiger partial charge in [-0.2, -0.15) is 0 Å². The normalized spacial score (nSPS) is 11.0. The van der Waals surface area contributed by atoms with Crippen molar-refractivity contribution in [3.05, 3.63) is 44.3 Å². The third kappa shape index (κ3) is 3.53. The number of aromatic nitrogens is 2. The van der Waals surface area contributed by atoms with Gasteiger partial charge in [-0.3, -0.25) is 4.79 Å². The number of H-pyrrole nitrogens is 1. The van der Waals surface area contributed by atoms with Crippen molar-refractivity contribution in [2.45, 2.75) is 27.2 Å². The summed E-state index contributed by atoms with van der Waals surface area (Å²) in [5.74, 6) is 1.66. The van der Waals surface area contributed by atoms with E-state index in [9.17, 15) is 4.79 Å². The molecule has 0 saturated heterocycles. The molecule has 1 heterocycles. The minimum atomic E-state index is -0.168. The fourth-order valence-electron chi connectivity index (χ4n) is 2.15. The van der Waals surface area contributed by atoms with Crippen molar-refractivity contribution in [3.8, 4) is 17.1 Å². The molecule has 0 radical (unpaired) electrons. The summed E-state index contributed by atoms with van der Waals surface area (Å²) in [6, 6.07) is 5.82. The molecule has 2 rings (SSSR count). The molecule has 0 unspecified atom stereocenters. The van der Waals surface area contributed by atoms with Crippen LogP contribution in [0, 0.1) is 12.8 Å². The minimum Gasteiger partial charge on any atom is -0.496 e. The maximum atomic E-state index is 12.1. The van der Waals surface area contributed by atoms with Crippen molar-refractivity contribution >= 4 is 15.9 Å². The van der Waals surface area contributed by atoms with Crippen LogP contribution in [0.4, 0.5) is 0 Å². The molecule has 2 aromatic rings. The number of rotatable bonds is 4. The highest BCUT2D eigenvalue weighted by Crippen LogP contribution is 2.28. The lowest BCUT2D eigenvalue weighted by atomic mass is 10.1. The first-order valence-corrected chi connectivity index (χ1v) is 7.65. The Bertz CT molecular complexity index is 708. The van der Waals surface area contributed by atoms with Crippen LogP contribution in [0.1, 0.15) is 25.1 Å². The van der Waals surface area contributed by atoms with Gasteiger partial charge in [0.1, 0.15) is 16.0 Å². The van der Waals surface area contributed by atoms with Gasteiger partial charge in [0.25, 0.3) is 5.56 Å². The van der Waals surface area contributed by atoms with Crippen molar-refractivity contribution in [2.75, 3.05) is 7.11 Å². The van der Waals surface area contributed by atoms with Gasteiger partial charge < -0.3 is 9.72 Å². The van der Waals surface area contributed by atoms with Gasteiger partial charge in [0, 0.05) is 0 Å². The van der Waals surface area contributed by atoms with Gasteiger partial charge in [0.2, 0.25) is 0 Å². The number of methoxy groups -OCH3 is 1. The van der Waals surface area contributed by atoms with Crippen molar-refractivity contribution in [1.29, 1.82) is 0 Å². The molecule has 21 heavy (non-hydrogen) atoms. The van der Waals surface area contributed by atoms with E-state index >= 15 is 0 Å². The van der Waals surface area contributed by atoms with E-state index in [4.69, 9.17) is 4.74 Å². The standard InChI is InChI=1S/C16H19BrN2O2/c1-9(2)7-12-14(17)16(20)19-15(18-12)11-6-5-10(3)8-13(11)21-4/h5-6,8-9H,7H2,1-4H3,(H,18,19,20). The number of aryl methyl sites for hydroxylation is 1. The Morgan fingerprint density at radius 1 is 1.38 bits per heavy atom. The second kappa shape index (κ2) is 6.43. The van der Waals surface area contributed by atoms with Crippen LogP contribution in [0.3, 0.4) is 0 Å². The molecule has 4 nitrogen and oxygen atoms in total. The molecular weight excluding hydrogens is 332 g/mol. The lowest BCUT2D eigenvalue weighted by Crippen LogP contribution is -2.15. The zero-order valence-electron chi connectivity index (χ0n) is 12.7. The highest BCUT2D eigenvalue weighted by Gasteiger charge is 2.14. The first kappa shape index (κ1) is 15.8. The number of nitrogens with one attached hydrogen (secondary N) is 1. The lowest BCUT2D eigenvalue weighted by molar-refractivity contribution is 0.416. The Balaban J connectivity index is 2.59. The van der Waals surface area contributed by atoms with E-state index in [1.54, 1.807) is 7.11 Å². The molecular formula is C16H19BrN2O2. The summed E-state index contributed by atoms with van der Waals surface area (Å²) in [5.41, 5.74) is 2.49. The topological polar surface area (TPSA) is 55.0 Å². The third-order valence-corrected chi connectivity index (χ3v) is 3.96. The van der Waals surface area contributed by atoms with Crippen LogP contribution in [0.2, 0.25) is 0 Å². The van der Waals surface area contributed by atoms with Crippen LogP contribution in [0.5, 0.6) is 5.75 Å². The van der Waals surface area contributed by atoms with Gasteiger partial charge in [-0.15, -0.1) is 0 Å². The van der Waals surface area contributed by atoms with Gasteiger partial charge in [0.05, 0.1) is 18.4 Å². The molecule has 112 valence electrons. The average molecular weight is 351 g/mol. The largest absolute Gasteiger partial charge is 0.496 e. The fraction of sp³-hybridized carbons (Fsp3) is 0.375. The summed E-state index contributed by atoms with van der Waals surface area (Å²) in [7, 11) is 1.62. The fourth-order valence-corrected chi connectivity index (χ4v) is 2.50. The molecule has 0 amide bonds. The average Bonchev–Trinajstić information content (AvgIpc) is 2.43. The first-order chi connectivity index (χ1) is 9.92. The van der Waals surface area contributed by atoms with E-state index in [1.807, 2.05) is 25.1 Å². The van der Waals surface area contributed by atoms with E-state index in [-0.39, 0.29) is 5.56 Å². The van der Waals surface area contributed by atoms with Crippen LogP contribution in [0.25, 0.3) is 11.4 Å². The second-order valence-electron chi connectivity index (χ2n) is 5.48. The molecule has 0 aliphatic carbocycles. The predicted molar refractivity (Wildman–Crippen MR) is 87.8 cm³/mol. The Labute approximate surface area is 132 Å². The molecule has 1 aromatic heterocycles. The smallest absolute Gasteiger partial charge is 0.265 e. The zero-order valence-corrected chi connectivity index (χ0v) is 14.2. The number of nitrogens with zero attached hydrogens (tertiary/aromatic N) is 1. The van der Waals surface area contributed by atoms with Gasteiger partial charge in [0.15, 0.2) is 0 Å². The summed E-state index contributed by atoms with van der Waals surface area (Å²) in [6.07, 6.45) is 0.742. The van der Waals surface area contributed by atoms with Crippen LogP contribution in [-0.4, -0.2) is 17.1 Å². The van der Waals surface area contributed by atoms with E-state index in [0.29, 0.717) is 22.0 Å². The highest BCUT2D eigenvalue weighted by molar-refractivity contribution is 9.10. The van der Waals surface area contributed by atoms with Gasteiger partial charge in [-0.1, -0.05) is 19.9 Å². The van der Waals surface area contributed by atoms with Gasteiger partial charge in [-0.25, -0.2) is 4.98 Å². The van der Waals surface area contributed by atoms with Crippen molar-refractivity contribution in [1.82, 2.24) is 9.97 Å². The molecule has 0 atom stereocenters. The Kier molecular flexibility index (Phi) is 4.83. The Hall–Kier alpha value is -1.62. The van der Waals surface area contributed by atoms with E-state index in [1.165, 1.54) is 0 Å². The summed E-state index contributed by atoms with van der Waals surface area (Å²) in [5, 5.41) is 0. The van der Waals surface area contributed by atoms with Crippen LogP contribution in [0.15, 0.2) is 27.5 Å². The van der Waals surface area contributed by atoms with E-state index in [0.717, 1.165) is 23.2 Å². The lowest BCUT2D eigenvalue weighted by Gasteiger charge is -2.12. The first-order valence-electron chi connectivity index (χ1n) is 6.86. The molecule has 0 spiro atoms. The number of aromatic amines is 1. The highest BCUT2D eigenvalue weighted by atomic mass is 79.9. The maximum Gasteiger partial charge on any atom is 0.265 e. The van der Waals surface area contributed by atoms with Crippen molar-refractivity contribution in [2.24, 2.45) is 5.92 Å². The minimum absolute atomic E-state index is 0.168. The number of halogens is 1. The SMILES string of the molecule is COc1cc(C)ccc1-c1nc(CC(C)C)c(Br)c(=O)[nH]1. The summed E-state index contributed by atoms with van der Waals surface area (Å²) in [6.45, 7) is 6.19. The number of benzene rings is 1. The maximum absolute atomic E-state index is 12.1. The van der Waals surface area contributed by atoms with Crippen molar-refractivity contribution in [3.63, 3.8) is 0 Å². The summed E-state index contributed by atoms with van der Waals surface area (Å²) < 4.78 is 5.90. The number of ether oxygens (including phenoxy) is 1. The van der Waals surface area contributed by atoms with Crippen LogP contribution < -0.4 is 10.3 Å². The molecule has 0 fully saturated rings. The quantitative estimate of drug-likeness (QED) is 0.914. The molecule has 0 aliphatic heterocycles. The molecule has 0 aliphatic rings. The van der Waals surface area contributed by atoms with Crippen molar-refractivity contribution < 1.29 is 4.74 Å². The molecule has 5 heteroatoms. The third-order valence-electron chi connectivity index (χ3n) is 3.15. The molecule has 1 aromatic carbocycles. The zero-order chi connectivity index (χ0) is 15.6. The van der Waals surface area contributed by atoms with Crippen LogP contribution in [-0.2, 0) is 6.42 Å². The second-order valence-corrected chi connectivity index (χ2v) is 6.27. The van der Waals surface area contributed by atoms with Gasteiger partial charge in [-0.05, 0) is 52.9 Å². The van der Waals surface area contributed by atoms with Gasteiger partial charge >= 0.3 is 0 Å². The Morgan fingerprint density at radius 3 is 2.71 bits per heavy atom. The van der Waals surface area contributed by atoms with Crippen LogP contribution >= 0.6 is 15.9 Å². The molecule has 0 saturated carbocycles. The van der Waals surface area contributed by atoms with E-state index < -0.39 is 0 Å². The summed E-state index contributed by atoms with van der Waals surface area (Å²) in [4.78, 5) is 19.5. The number of hydrogen-bond donors (Lipinski definition) is 1. The molecule has 1 N–H and O–H groups in total. The summed E-state index contributed by atoms with van der Waals surface area (Å²) >= 11 is 3.33. The monoisotopic (exact) mass is 350 g/mol. The Morgan fingerprint density at radius 2 is 2.10 bits per heavy atom.